The van der Waals surface area contributed by atoms with Crippen LogP contribution in [0.3, 0.4) is 0 Å². The van der Waals surface area contributed by atoms with Crippen LogP contribution in [0.5, 0.6) is 0 Å². The van der Waals surface area contributed by atoms with Gasteiger partial charge < -0.3 is 11.1 Å². The Labute approximate surface area is 120 Å². The van der Waals surface area contributed by atoms with Gasteiger partial charge in [0.1, 0.15) is 0 Å². The summed E-state index contributed by atoms with van der Waals surface area (Å²) < 4.78 is 0. The molecule has 0 heterocycles. The maximum absolute atomic E-state index is 11.9. The highest BCUT2D eigenvalue weighted by atomic mass is 16.2. The third-order valence-electron chi connectivity index (χ3n) is 3.25. The molecule has 5 nitrogen and oxygen atoms in total. The molecule has 3 N–H and O–H groups in total. The summed E-state index contributed by atoms with van der Waals surface area (Å²) >= 11 is 0. The number of carbonyl (C=O) groups excluding carboxylic acids is 2. The average Bonchev–Trinajstić information content (AvgIpc) is 2.30. The molecule has 0 radical (unpaired) electrons. The minimum absolute atomic E-state index is 0.0659. The van der Waals surface area contributed by atoms with Gasteiger partial charge in [-0.05, 0) is 44.5 Å². The van der Waals surface area contributed by atoms with Gasteiger partial charge in [-0.15, -0.1) is 0 Å². The third kappa shape index (κ3) is 5.01. The lowest BCUT2D eigenvalue weighted by Gasteiger charge is -2.18. The molecule has 0 aliphatic carbocycles. The van der Waals surface area contributed by atoms with Gasteiger partial charge in [0.2, 0.25) is 11.8 Å². The SMILES string of the molecule is Cc1ccc([C@H](C)NC(=O)CN(C)CC(N)=O)cc1C. The number of carbonyl (C=O) groups is 2. The van der Waals surface area contributed by atoms with Crippen molar-refractivity contribution in [3.63, 3.8) is 0 Å². The molecule has 5 heteroatoms. The molecule has 20 heavy (non-hydrogen) atoms. The van der Waals surface area contributed by atoms with Crippen molar-refractivity contribution in [1.29, 1.82) is 0 Å². The van der Waals surface area contributed by atoms with E-state index in [4.69, 9.17) is 5.73 Å². The Kier molecular flexibility index (Phi) is 5.70. The first kappa shape index (κ1) is 16.2. The fourth-order valence-electron chi connectivity index (χ4n) is 1.97. The Morgan fingerprint density at radius 1 is 1.25 bits per heavy atom. The summed E-state index contributed by atoms with van der Waals surface area (Å²) in [6.45, 7) is 6.27. The highest BCUT2D eigenvalue weighted by molar-refractivity contribution is 5.80. The van der Waals surface area contributed by atoms with Gasteiger partial charge in [-0.1, -0.05) is 18.2 Å². The second-order valence-corrected chi connectivity index (χ2v) is 5.27. The lowest BCUT2D eigenvalue weighted by Crippen LogP contribution is -2.40. The number of primary amides is 1. The standard InChI is InChI=1S/C15H23N3O2/c1-10-5-6-13(7-11(10)2)12(3)17-15(20)9-18(4)8-14(16)19/h5-7,12H,8-9H2,1-4H3,(H2,16,19)(H,17,20)/t12-/m0/s1. The van der Waals surface area contributed by atoms with Crippen molar-refractivity contribution in [1.82, 2.24) is 10.2 Å². The molecule has 0 aromatic heterocycles. The predicted octanol–water partition coefficient (Wildman–Crippen LogP) is 0.898. The Morgan fingerprint density at radius 3 is 2.45 bits per heavy atom. The first-order chi connectivity index (χ1) is 9.29. The molecule has 1 aromatic rings. The summed E-state index contributed by atoms with van der Waals surface area (Å²) in [5.74, 6) is -0.568. The molecule has 0 bridgehead atoms. The molecule has 0 fully saturated rings. The normalized spacial score (nSPS) is 12.2. The number of nitrogens with one attached hydrogen (secondary N) is 1. The fourth-order valence-corrected chi connectivity index (χ4v) is 1.97. The van der Waals surface area contributed by atoms with Crippen LogP contribution in [0, 0.1) is 13.8 Å². The van der Waals surface area contributed by atoms with Crippen LogP contribution < -0.4 is 11.1 Å². The molecular weight excluding hydrogens is 254 g/mol. The second-order valence-electron chi connectivity index (χ2n) is 5.27. The fraction of sp³-hybridized carbons (Fsp3) is 0.467. The number of amides is 2. The van der Waals surface area contributed by atoms with Gasteiger partial charge >= 0.3 is 0 Å². The molecule has 1 atom stereocenters. The van der Waals surface area contributed by atoms with Gasteiger partial charge in [0.25, 0.3) is 0 Å². The number of benzene rings is 1. The Bertz CT molecular complexity index is 500. The second kappa shape index (κ2) is 7.05. The molecule has 1 aromatic carbocycles. The van der Waals surface area contributed by atoms with E-state index in [1.165, 1.54) is 11.1 Å². The summed E-state index contributed by atoms with van der Waals surface area (Å²) in [6.07, 6.45) is 0. The van der Waals surface area contributed by atoms with Crippen molar-refractivity contribution in [3.05, 3.63) is 34.9 Å². The number of aryl methyl sites for hydroxylation is 2. The monoisotopic (exact) mass is 277 g/mol. The molecule has 1 rings (SSSR count). The molecule has 2 amide bonds. The Morgan fingerprint density at radius 2 is 1.90 bits per heavy atom. The summed E-state index contributed by atoms with van der Waals surface area (Å²) in [4.78, 5) is 24.2. The molecule has 0 unspecified atom stereocenters. The minimum Gasteiger partial charge on any atom is -0.369 e. The van der Waals surface area contributed by atoms with E-state index >= 15 is 0 Å². The molecule has 0 saturated carbocycles. The van der Waals surface area contributed by atoms with Crippen LogP contribution in [0.2, 0.25) is 0 Å². The third-order valence-corrected chi connectivity index (χ3v) is 3.25. The first-order valence-electron chi connectivity index (χ1n) is 6.63. The predicted molar refractivity (Wildman–Crippen MR) is 79.2 cm³/mol. The van der Waals surface area contributed by atoms with Crippen molar-refractivity contribution >= 4 is 11.8 Å². The van der Waals surface area contributed by atoms with E-state index in [9.17, 15) is 9.59 Å². The smallest absolute Gasteiger partial charge is 0.234 e. The van der Waals surface area contributed by atoms with Crippen LogP contribution in [-0.2, 0) is 9.59 Å². The van der Waals surface area contributed by atoms with Gasteiger partial charge in [0.15, 0.2) is 0 Å². The van der Waals surface area contributed by atoms with Gasteiger partial charge in [-0.3, -0.25) is 14.5 Å². The van der Waals surface area contributed by atoms with E-state index < -0.39 is 5.91 Å². The largest absolute Gasteiger partial charge is 0.369 e. The summed E-state index contributed by atoms with van der Waals surface area (Å²) in [6, 6.07) is 6.07. The molecule has 0 aliphatic rings. The van der Waals surface area contributed by atoms with Gasteiger partial charge in [-0.2, -0.15) is 0 Å². The maximum Gasteiger partial charge on any atom is 0.234 e. The van der Waals surface area contributed by atoms with Crippen molar-refractivity contribution in [2.75, 3.05) is 20.1 Å². The lowest BCUT2D eigenvalue weighted by atomic mass is 10.0. The van der Waals surface area contributed by atoms with E-state index in [-0.39, 0.29) is 25.0 Å². The molecular formula is C15H23N3O2. The number of hydrogen-bond donors (Lipinski definition) is 2. The zero-order valence-electron chi connectivity index (χ0n) is 12.6. The Balaban J connectivity index is 2.56. The zero-order valence-corrected chi connectivity index (χ0v) is 12.6. The quantitative estimate of drug-likeness (QED) is 0.811. The molecule has 110 valence electrons. The van der Waals surface area contributed by atoms with Gasteiger partial charge in [0.05, 0.1) is 19.1 Å². The number of likely N-dealkylation sites (N-methyl/N-ethyl adjacent to an activating group) is 1. The number of nitrogens with two attached hydrogens (primary N) is 1. The average molecular weight is 277 g/mol. The van der Waals surface area contributed by atoms with E-state index in [1.54, 1.807) is 11.9 Å². The van der Waals surface area contributed by atoms with E-state index in [1.807, 2.05) is 26.0 Å². The minimum atomic E-state index is -0.442. The van der Waals surface area contributed by atoms with Crippen LogP contribution in [0.4, 0.5) is 0 Å². The summed E-state index contributed by atoms with van der Waals surface area (Å²) in [5, 5.41) is 2.91. The van der Waals surface area contributed by atoms with Crippen molar-refractivity contribution in [3.8, 4) is 0 Å². The lowest BCUT2D eigenvalue weighted by molar-refractivity contribution is -0.123. The zero-order chi connectivity index (χ0) is 15.3. The topological polar surface area (TPSA) is 75.4 Å². The van der Waals surface area contributed by atoms with E-state index in [0.717, 1.165) is 5.56 Å². The van der Waals surface area contributed by atoms with Crippen LogP contribution in [0.15, 0.2) is 18.2 Å². The number of hydrogen-bond acceptors (Lipinski definition) is 3. The van der Waals surface area contributed by atoms with Crippen LogP contribution in [0.25, 0.3) is 0 Å². The molecule has 0 aliphatic heterocycles. The van der Waals surface area contributed by atoms with Crippen molar-refractivity contribution in [2.24, 2.45) is 5.73 Å². The van der Waals surface area contributed by atoms with Crippen molar-refractivity contribution < 1.29 is 9.59 Å². The van der Waals surface area contributed by atoms with Crippen molar-refractivity contribution in [2.45, 2.75) is 26.8 Å². The Hall–Kier alpha value is -1.88. The van der Waals surface area contributed by atoms with Gasteiger partial charge in [-0.25, -0.2) is 0 Å². The van der Waals surface area contributed by atoms with Crippen LogP contribution >= 0.6 is 0 Å². The summed E-state index contributed by atoms with van der Waals surface area (Å²) in [5.41, 5.74) is 8.58. The first-order valence-corrected chi connectivity index (χ1v) is 6.63. The molecule has 0 saturated heterocycles. The highest BCUT2D eigenvalue weighted by Gasteiger charge is 2.13. The molecule has 0 spiro atoms. The number of nitrogens with zero attached hydrogens (tertiary/aromatic N) is 1. The number of rotatable bonds is 6. The maximum atomic E-state index is 11.9. The summed E-state index contributed by atoms with van der Waals surface area (Å²) in [7, 11) is 1.69. The van der Waals surface area contributed by atoms with Gasteiger partial charge in [0, 0.05) is 0 Å². The van der Waals surface area contributed by atoms with Crippen LogP contribution in [0.1, 0.15) is 29.7 Å². The van der Waals surface area contributed by atoms with Crippen LogP contribution in [-0.4, -0.2) is 36.9 Å². The van der Waals surface area contributed by atoms with E-state index in [2.05, 4.69) is 18.3 Å². The van der Waals surface area contributed by atoms with E-state index in [0.29, 0.717) is 0 Å². The highest BCUT2D eigenvalue weighted by Crippen LogP contribution is 2.16.